The zero-order valence-corrected chi connectivity index (χ0v) is 10.4. The first-order valence-electron chi connectivity index (χ1n) is 1.78. The van der Waals surface area contributed by atoms with Crippen molar-refractivity contribution in [3.63, 3.8) is 0 Å². The summed E-state index contributed by atoms with van der Waals surface area (Å²) in [6.07, 6.45) is 0. The smallest absolute Gasteiger partial charge is 0.550 e. The minimum Gasteiger partial charge on any atom is -0.550 e. The Bertz CT molecular complexity index is 86.6. The molecule has 0 heterocycles. The van der Waals surface area contributed by atoms with E-state index in [2.05, 4.69) is 0 Å². The van der Waals surface area contributed by atoms with Gasteiger partial charge in [0.05, 0.1) is 0 Å². The van der Waals surface area contributed by atoms with Gasteiger partial charge in [0.25, 0.3) is 0 Å². The van der Waals surface area contributed by atoms with Gasteiger partial charge < -0.3 is 27.2 Å². The number of hydrogen-bond donors (Lipinski definition) is 0. The number of carbonyl (C=O) groups is 1. The standard InChI is InChI=1S/C2H4O2.BF4.2Na/c1-2(3)4;2-1(3,4)5;;/h1H3,(H,3,4);;;/q;-1;2*+1/p-1. The van der Waals surface area contributed by atoms with Crippen LogP contribution < -0.4 is 64.2 Å². The Balaban J connectivity index is -0.0000000383. The Hall–Kier alpha value is 1.25. The third kappa shape index (κ3) is 612. The van der Waals surface area contributed by atoms with Crippen LogP contribution in [0, 0.1) is 0 Å². The number of aliphatic carboxylic acids is 1. The van der Waals surface area contributed by atoms with Crippen LogP contribution in [0.2, 0.25) is 0 Å². The molecule has 0 saturated carbocycles. The molecule has 0 atom stereocenters. The molecule has 0 rings (SSSR count). The van der Waals surface area contributed by atoms with Crippen molar-refractivity contribution in [1.82, 2.24) is 0 Å². The van der Waals surface area contributed by atoms with Gasteiger partial charge in [-0.2, -0.15) is 0 Å². The molecule has 0 saturated heterocycles. The molecule has 9 heteroatoms. The summed E-state index contributed by atoms with van der Waals surface area (Å²) in [5, 5.41) is 8.89. The van der Waals surface area contributed by atoms with Crippen LogP contribution in [0.1, 0.15) is 6.92 Å². The fourth-order valence-electron chi connectivity index (χ4n) is 0. The van der Waals surface area contributed by atoms with Gasteiger partial charge in [0.15, 0.2) is 0 Å². The normalized spacial score (nSPS) is 7.73. The molecule has 0 unspecified atom stereocenters. The number of rotatable bonds is 0. The van der Waals surface area contributed by atoms with Crippen LogP contribution in [0.3, 0.4) is 0 Å². The number of carboxylic acid groups (broad SMARTS) is 1. The van der Waals surface area contributed by atoms with Crippen LogP contribution in [0.15, 0.2) is 0 Å². The molecule has 0 amide bonds. The van der Waals surface area contributed by atoms with Crippen molar-refractivity contribution in [2.75, 3.05) is 0 Å². The molecule has 0 aromatic heterocycles. The molecule has 0 aliphatic carbocycles. The molecule has 11 heavy (non-hydrogen) atoms. The van der Waals surface area contributed by atoms with Gasteiger partial charge in [0.1, 0.15) is 0 Å². The second-order valence-corrected chi connectivity index (χ2v) is 0.986. The molecule has 0 bridgehead atoms. The molecule has 0 aromatic rings. The first kappa shape index (κ1) is 22.8. The third-order valence-electron chi connectivity index (χ3n) is 0. The molecule has 0 aliphatic rings. The largest absolute Gasteiger partial charge is 1.00 e. The molecule has 0 fully saturated rings. The molecular formula is C2H3BF4Na2O2. The predicted molar refractivity (Wildman–Crippen MR) is 20.9 cm³/mol. The Morgan fingerprint density at radius 2 is 1.18 bits per heavy atom. The zero-order chi connectivity index (χ0) is 8.08. The number of carbonyl (C=O) groups excluding carboxylic acids is 1. The molecule has 0 aromatic carbocycles. The molecule has 56 valence electrons. The minimum absolute atomic E-state index is 0. The average molecular weight is 192 g/mol. The Kier molecular flexibility index (Phi) is 23.3. The van der Waals surface area contributed by atoms with E-state index in [1.165, 1.54) is 0 Å². The van der Waals surface area contributed by atoms with Crippen molar-refractivity contribution in [2.45, 2.75) is 6.92 Å². The van der Waals surface area contributed by atoms with E-state index in [4.69, 9.17) is 9.90 Å². The van der Waals surface area contributed by atoms with Crippen LogP contribution >= 0.6 is 0 Å². The van der Waals surface area contributed by atoms with Gasteiger partial charge in [-0.05, 0) is 6.92 Å². The fraction of sp³-hybridized carbons (Fsp3) is 0.500. The first-order valence-corrected chi connectivity index (χ1v) is 1.78. The van der Waals surface area contributed by atoms with Gasteiger partial charge >= 0.3 is 66.4 Å². The third-order valence-corrected chi connectivity index (χ3v) is 0. The summed E-state index contributed by atoms with van der Waals surface area (Å²) < 4.78 is 39.0. The second kappa shape index (κ2) is 11.3. The summed E-state index contributed by atoms with van der Waals surface area (Å²) in [7, 11) is -6.00. The quantitative estimate of drug-likeness (QED) is 0.283. The Morgan fingerprint density at radius 1 is 1.18 bits per heavy atom. The van der Waals surface area contributed by atoms with E-state index < -0.39 is 13.2 Å². The number of carboxylic acids is 1. The maximum Gasteiger partial charge on any atom is 1.00 e. The van der Waals surface area contributed by atoms with Crippen molar-refractivity contribution in [1.29, 1.82) is 0 Å². The SMILES string of the molecule is CC(=O)[O-].F[B-](F)(F)F.[Na+].[Na+]. The molecule has 0 aliphatic heterocycles. The van der Waals surface area contributed by atoms with Crippen molar-refractivity contribution in [3.05, 3.63) is 0 Å². The van der Waals surface area contributed by atoms with Crippen LogP contribution in [0.5, 0.6) is 0 Å². The second-order valence-electron chi connectivity index (χ2n) is 0.986. The summed E-state index contributed by atoms with van der Waals surface area (Å²) in [6.45, 7) is 0.972. The van der Waals surface area contributed by atoms with E-state index in [-0.39, 0.29) is 59.1 Å². The molecule has 2 nitrogen and oxygen atoms in total. The topological polar surface area (TPSA) is 40.1 Å². The van der Waals surface area contributed by atoms with Gasteiger partial charge in [-0.3, -0.25) is 0 Å². The van der Waals surface area contributed by atoms with E-state index in [1.807, 2.05) is 0 Å². The molecule has 0 spiro atoms. The molecule has 0 radical (unpaired) electrons. The summed E-state index contributed by atoms with van der Waals surface area (Å²) >= 11 is 0. The maximum atomic E-state index is 9.75. The van der Waals surface area contributed by atoms with Crippen LogP contribution in [-0.4, -0.2) is 13.2 Å². The van der Waals surface area contributed by atoms with Crippen LogP contribution in [0.4, 0.5) is 17.3 Å². The van der Waals surface area contributed by atoms with Crippen molar-refractivity contribution >= 4 is 13.2 Å². The predicted octanol–water partition coefficient (Wildman–Crippen LogP) is -5.94. The average Bonchev–Trinajstić information content (AvgIpc) is 1.19. The van der Waals surface area contributed by atoms with Gasteiger partial charge in [0, 0.05) is 5.97 Å². The summed E-state index contributed by atoms with van der Waals surface area (Å²) in [6, 6.07) is 0. The van der Waals surface area contributed by atoms with E-state index in [0.29, 0.717) is 0 Å². The summed E-state index contributed by atoms with van der Waals surface area (Å²) in [5.41, 5.74) is 0. The van der Waals surface area contributed by atoms with Crippen molar-refractivity contribution in [3.8, 4) is 0 Å². The molecular weight excluding hydrogens is 189 g/mol. The van der Waals surface area contributed by atoms with E-state index >= 15 is 0 Å². The molecule has 0 N–H and O–H groups in total. The minimum atomic E-state index is -6.00. The Labute approximate surface area is 105 Å². The van der Waals surface area contributed by atoms with Gasteiger partial charge in [-0.1, -0.05) is 0 Å². The Morgan fingerprint density at radius 3 is 1.18 bits per heavy atom. The maximum absolute atomic E-state index is 9.75. The van der Waals surface area contributed by atoms with E-state index in [0.717, 1.165) is 6.92 Å². The monoisotopic (exact) mass is 192 g/mol. The fourth-order valence-corrected chi connectivity index (χ4v) is 0. The van der Waals surface area contributed by atoms with Crippen molar-refractivity contribution < 1.29 is 86.3 Å². The number of hydrogen-bond acceptors (Lipinski definition) is 2. The number of halogens is 4. The van der Waals surface area contributed by atoms with Crippen molar-refractivity contribution in [2.24, 2.45) is 0 Å². The van der Waals surface area contributed by atoms with Gasteiger partial charge in [-0.15, -0.1) is 0 Å². The van der Waals surface area contributed by atoms with Gasteiger partial charge in [0.2, 0.25) is 0 Å². The summed E-state index contributed by atoms with van der Waals surface area (Å²) in [5.74, 6) is -1.08. The van der Waals surface area contributed by atoms with E-state index in [1.54, 1.807) is 0 Å². The summed E-state index contributed by atoms with van der Waals surface area (Å²) in [4.78, 5) is 8.89. The first-order chi connectivity index (χ1) is 3.73. The van der Waals surface area contributed by atoms with Crippen LogP contribution in [0.25, 0.3) is 0 Å². The zero-order valence-electron chi connectivity index (χ0n) is 6.41. The van der Waals surface area contributed by atoms with Gasteiger partial charge in [-0.25, -0.2) is 0 Å². The van der Waals surface area contributed by atoms with Crippen LogP contribution in [-0.2, 0) is 4.79 Å². The van der Waals surface area contributed by atoms with E-state index in [9.17, 15) is 17.3 Å².